The number of carbonyl (C=O) groups excluding carboxylic acids is 1. The van der Waals surface area contributed by atoms with Crippen molar-refractivity contribution in [1.82, 2.24) is 9.97 Å². The molecule has 1 aromatic carbocycles. The summed E-state index contributed by atoms with van der Waals surface area (Å²) >= 11 is 15.1. The van der Waals surface area contributed by atoms with Crippen LogP contribution in [0.15, 0.2) is 23.4 Å². The Balaban J connectivity index is 1.50. The van der Waals surface area contributed by atoms with Crippen LogP contribution in [0.2, 0.25) is 10.0 Å². The van der Waals surface area contributed by atoms with Gasteiger partial charge < -0.3 is 11.1 Å². The third-order valence-electron chi connectivity index (χ3n) is 4.38. The summed E-state index contributed by atoms with van der Waals surface area (Å²) in [5, 5.41) is 5.01. The normalized spacial score (nSPS) is 13.6. The van der Waals surface area contributed by atoms with E-state index in [1.807, 2.05) is 0 Å². The topological polar surface area (TPSA) is 80.9 Å². The van der Waals surface area contributed by atoms with E-state index in [9.17, 15) is 4.79 Å². The van der Waals surface area contributed by atoms with E-state index in [-0.39, 0.29) is 11.7 Å². The van der Waals surface area contributed by atoms with Crippen molar-refractivity contribution in [3.63, 3.8) is 0 Å². The highest BCUT2D eigenvalue weighted by molar-refractivity contribution is 7.99. The molecule has 140 valence electrons. The largest absolute Gasteiger partial charge is 0.383 e. The predicted octanol–water partition coefficient (Wildman–Crippen LogP) is 5.19. The number of aryl methyl sites for hydroxylation is 2. The van der Waals surface area contributed by atoms with Gasteiger partial charge in [-0.3, -0.25) is 4.79 Å². The van der Waals surface area contributed by atoms with Gasteiger partial charge in [0.1, 0.15) is 10.6 Å². The number of nitrogens with zero attached hydrogens (tertiary/aromatic N) is 2. The molecule has 0 saturated heterocycles. The second-order valence-corrected chi connectivity index (χ2v) is 9.06. The fourth-order valence-corrected chi connectivity index (χ4v) is 5.62. The Morgan fingerprint density at radius 1 is 1.22 bits per heavy atom. The average Bonchev–Trinajstić information content (AvgIpc) is 3.02. The molecule has 0 atom stereocenters. The first-order valence-corrected chi connectivity index (χ1v) is 11.0. The number of para-hydroxylation sites is 1. The van der Waals surface area contributed by atoms with Crippen LogP contribution in [-0.2, 0) is 17.6 Å². The number of carbonyl (C=O) groups is 1. The minimum absolute atomic E-state index is 0.136. The van der Waals surface area contributed by atoms with Crippen LogP contribution in [0.3, 0.4) is 0 Å². The van der Waals surface area contributed by atoms with E-state index in [0.717, 1.165) is 23.1 Å². The van der Waals surface area contributed by atoms with Crippen molar-refractivity contribution in [2.24, 2.45) is 0 Å². The van der Waals surface area contributed by atoms with Gasteiger partial charge in [-0.15, -0.1) is 11.3 Å². The zero-order valence-electron chi connectivity index (χ0n) is 14.2. The van der Waals surface area contributed by atoms with Crippen LogP contribution in [0.5, 0.6) is 0 Å². The molecular formula is C18H16Cl2N4OS2. The molecule has 2 heterocycles. The Kier molecular flexibility index (Phi) is 5.45. The number of fused-ring (bicyclic) bond motifs is 3. The highest BCUT2D eigenvalue weighted by Crippen LogP contribution is 2.38. The maximum absolute atomic E-state index is 12.3. The molecule has 27 heavy (non-hydrogen) atoms. The van der Waals surface area contributed by atoms with Gasteiger partial charge in [0.2, 0.25) is 5.91 Å². The second kappa shape index (κ2) is 7.83. The number of aromatic nitrogens is 2. The van der Waals surface area contributed by atoms with E-state index in [0.29, 0.717) is 26.7 Å². The summed E-state index contributed by atoms with van der Waals surface area (Å²) < 4.78 is 0. The van der Waals surface area contributed by atoms with Gasteiger partial charge in [-0.1, -0.05) is 41.0 Å². The molecule has 1 aliphatic carbocycles. The van der Waals surface area contributed by atoms with Crippen molar-refractivity contribution in [3.05, 3.63) is 38.7 Å². The van der Waals surface area contributed by atoms with Crippen molar-refractivity contribution >= 4 is 73.9 Å². The fourth-order valence-electron chi connectivity index (χ4n) is 3.15. The lowest BCUT2D eigenvalue weighted by Gasteiger charge is -2.11. The lowest BCUT2D eigenvalue weighted by molar-refractivity contribution is -0.113. The zero-order chi connectivity index (χ0) is 19.0. The van der Waals surface area contributed by atoms with E-state index in [2.05, 4.69) is 15.3 Å². The van der Waals surface area contributed by atoms with Crippen molar-refractivity contribution in [2.45, 2.75) is 30.8 Å². The third-order valence-corrected chi connectivity index (χ3v) is 7.04. The summed E-state index contributed by atoms with van der Waals surface area (Å²) in [6, 6.07) is 5.07. The van der Waals surface area contributed by atoms with Crippen LogP contribution >= 0.6 is 46.3 Å². The molecule has 4 rings (SSSR count). The molecule has 0 radical (unpaired) electrons. The lowest BCUT2D eigenvalue weighted by atomic mass is 9.97. The number of nitrogen functional groups attached to an aromatic ring is 1. The molecule has 0 fully saturated rings. The Labute approximate surface area is 174 Å². The Morgan fingerprint density at radius 3 is 2.74 bits per heavy atom. The van der Waals surface area contributed by atoms with Gasteiger partial charge in [0.05, 0.1) is 26.9 Å². The third kappa shape index (κ3) is 3.87. The summed E-state index contributed by atoms with van der Waals surface area (Å²) in [4.78, 5) is 23.6. The number of hydrogen-bond acceptors (Lipinski definition) is 6. The number of nitrogens with one attached hydrogen (secondary N) is 1. The molecule has 0 aliphatic heterocycles. The maximum Gasteiger partial charge on any atom is 0.234 e. The molecule has 0 spiro atoms. The Bertz CT molecular complexity index is 1020. The maximum atomic E-state index is 12.3. The van der Waals surface area contributed by atoms with Crippen LogP contribution in [0.25, 0.3) is 10.2 Å². The number of thiophene rings is 1. The molecular weight excluding hydrogens is 423 g/mol. The van der Waals surface area contributed by atoms with E-state index in [4.69, 9.17) is 28.9 Å². The van der Waals surface area contributed by atoms with Crippen molar-refractivity contribution < 1.29 is 4.79 Å². The molecule has 0 saturated carbocycles. The molecule has 3 aromatic rings. The number of rotatable bonds is 4. The number of nitrogens with two attached hydrogens (primary N) is 1. The zero-order valence-corrected chi connectivity index (χ0v) is 17.4. The Morgan fingerprint density at radius 2 is 1.96 bits per heavy atom. The number of thioether (sulfide) groups is 1. The van der Waals surface area contributed by atoms with Crippen molar-refractivity contribution in [1.29, 1.82) is 0 Å². The summed E-state index contributed by atoms with van der Waals surface area (Å²) in [6.45, 7) is 0. The van der Waals surface area contributed by atoms with Crippen LogP contribution in [-0.4, -0.2) is 21.6 Å². The lowest BCUT2D eigenvalue weighted by Crippen LogP contribution is -2.15. The van der Waals surface area contributed by atoms with Gasteiger partial charge in [0.15, 0.2) is 5.16 Å². The molecule has 9 heteroatoms. The van der Waals surface area contributed by atoms with E-state index < -0.39 is 0 Å². The van der Waals surface area contributed by atoms with Gasteiger partial charge in [0.25, 0.3) is 0 Å². The first-order chi connectivity index (χ1) is 13.0. The van der Waals surface area contributed by atoms with Gasteiger partial charge >= 0.3 is 0 Å². The monoisotopic (exact) mass is 438 g/mol. The van der Waals surface area contributed by atoms with Gasteiger partial charge in [-0.2, -0.15) is 0 Å². The van der Waals surface area contributed by atoms with Crippen molar-refractivity contribution in [3.8, 4) is 0 Å². The molecule has 3 N–H and O–H groups in total. The molecule has 0 bridgehead atoms. The van der Waals surface area contributed by atoms with Gasteiger partial charge in [-0.05, 0) is 43.4 Å². The summed E-state index contributed by atoms with van der Waals surface area (Å²) in [6.07, 6.45) is 4.51. The van der Waals surface area contributed by atoms with E-state index in [1.54, 1.807) is 29.5 Å². The van der Waals surface area contributed by atoms with Crippen LogP contribution in [0, 0.1) is 0 Å². The minimum atomic E-state index is -0.234. The SMILES string of the molecule is Nc1nc(SCC(=O)Nc2c(Cl)cccc2Cl)nc2sc3c(c12)CCCC3. The summed E-state index contributed by atoms with van der Waals surface area (Å²) in [5.41, 5.74) is 7.92. The standard InChI is InChI=1S/C18H16Cl2N4OS2/c19-10-5-3-6-11(20)15(10)22-13(25)8-26-18-23-16(21)14-9-4-1-2-7-12(9)27-17(14)24-18/h3,5-6H,1-2,4,7-8H2,(H,22,25)(H2,21,23,24). The average molecular weight is 439 g/mol. The number of hydrogen-bond donors (Lipinski definition) is 2. The van der Waals surface area contributed by atoms with Gasteiger partial charge in [0, 0.05) is 4.88 Å². The first kappa shape index (κ1) is 18.8. The Hall–Kier alpha value is -1.54. The van der Waals surface area contributed by atoms with Crippen LogP contribution in [0.1, 0.15) is 23.3 Å². The minimum Gasteiger partial charge on any atom is -0.383 e. The highest BCUT2D eigenvalue weighted by Gasteiger charge is 2.20. The summed E-state index contributed by atoms with van der Waals surface area (Å²) in [7, 11) is 0. The molecule has 5 nitrogen and oxygen atoms in total. The first-order valence-electron chi connectivity index (χ1n) is 8.47. The number of anilines is 2. The quantitative estimate of drug-likeness (QED) is 0.432. The van der Waals surface area contributed by atoms with Crippen LogP contribution in [0.4, 0.5) is 11.5 Å². The number of benzene rings is 1. The summed E-state index contributed by atoms with van der Waals surface area (Å²) in [5.74, 6) is 0.400. The second-order valence-electron chi connectivity index (χ2n) is 6.22. The highest BCUT2D eigenvalue weighted by atomic mass is 35.5. The van der Waals surface area contributed by atoms with Gasteiger partial charge in [-0.25, -0.2) is 9.97 Å². The smallest absolute Gasteiger partial charge is 0.234 e. The molecule has 1 aliphatic rings. The van der Waals surface area contributed by atoms with Crippen molar-refractivity contribution in [2.75, 3.05) is 16.8 Å². The fraction of sp³-hybridized carbons (Fsp3) is 0.278. The number of amides is 1. The van der Waals surface area contributed by atoms with Crippen LogP contribution < -0.4 is 11.1 Å². The van der Waals surface area contributed by atoms with E-state index >= 15 is 0 Å². The predicted molar refractivity (Wildman–Crippen MR) is 114 cm³/mol. The molecule has 0 unspecified atom stereocenters. The van der Waals surface area contributed by atoms with E-state index in [1.165, 1.54) is 35.0 Å². The molecule has 1 amide bonds. The molecule has 2 aromatic heterocycles. The number of halogens is 2.